The summed E-state index contributed by atoms with van der Waals surface area (Å²) in [5.74, 6) is 1.24. The Labute approximate surface area is 191 Å². The van der Waals surface area contributed by atoms with Crippen LogP contribution in [0.2, 0.25) is 0 Å². The molecule has 0 bridgehead atoms. The summed E-state index contributed by atoms with van der Waals surface area (Å²) in [6.45, 7) is 8.72. The zero-order valence-electron chi connectivity index (χ0n) is 18.4. The maximum atomic E-state index is 11.9. The van der Waals surface area contributed by atoms with Crippen LogP contribution in [0.3, 0.4) is 0 Å². The highest BCUT2D eigenvalue weighted by Gasteiger charge is 2.18. The molecule has 1 aromatic heterocycles. The Bertz CT molecular complexity index is 635. The third-order valence-electron chi connectivity index (χ3n) is 3.83. The van der Waals surface area contributed by atoms with Crippen LogP contribution < -0.4 is 20.7 Å². The van der Waals surface area contributed by atoms with Crippen LogP contribution in [0.15, 0.2) is 23.3 Å². The third-order valence-corrected chi connectivity index (χ3v) is 3.83. The number of guanidine groups is 1. The molecule has 1 unspecified atom stereocenters. The number of rotatable bonds is 9. The van der Waals surface area contributed by atoms with E-state index in [0.717, 1.165) is 24.8 Å². The molecule has 1 rings (SSSR count). The summed E-state index contributed by atoms with van der Waals surface area (Å²) in [4.78, 5) is 20.3. The maximum absolute atomic E-state index is 11.9. The van der Waals surface area contributed by atoms with Gasteiger partial charge in [-0.3, -0.25) is 4.99 Å². The lowest BCUT2D eigenvalue weighted by atomic mass is 10.1. The van der Waals surface area contributed by atoms with Crippen molar-refractivity contribution in [2.45, 2.75) is 65.1 Å². The molecule has 0 saturated heterocycles. The second kappa shape index (κ2) is 14.2. The summed E-state index contributed by atoms with van der Waals surface area (Å²) >= 11 is 0. The fourth-order valence-corrected chi connectivity index (χ4v) is 2.44. The Morgan fingerprint density at radius 3 is 2.62 bits per heavy atom. The fraction of sp³-hybridized carbons (Fsp3) is 0.650. The van der Waals surface area contributed by atoms with Crippen LogP contribution in [0.5, 0.6) is 5.88 Å². The number of hydrogen-bond donors (Lipinski definition) is 3. The van der Waals surface area contributed by atoms with Gasteiger partial charge in [-0.05, 0) is 38.8 Å². The summed E-state index contributed by atoms with van der Waals surface area (Å²) in [7, 11) is 3.32. The second-order valence-electron chi connectivity index (χ2n) is 7.50. The van der Waals surface area contributed by atoms with Crippen LogP contribution in [0.25, 0.3) is 0 Å². The minimum atomic E-state index is -0.514. The fourth-order valence-electron chi connectivity index (χ4n) is 2.44. The Morgan fingerprint density at radius 2 is 2.03 bits per heavy atom. The highest BCUT2D eigenvalue weighted by atomic mass is 127. The molecule has 9 heteroatoms. The number of nitrogens with zero attached hydrogens (tertiary/aromatic N) is 2. The number of aromatic nitrogens is 1. The highest BCUT2D eigenvalue weighted by molar-refractivity contribution is 14.0. The molecule has 1 aromatic rings. The molecule has 0 aromatic carbocycles. The summed E-state index contributed by atoms with van der Waals surface area (Å²) < 4.78 is 10.5. The normalized spacial score (nSPS) is 12.4. The molecule has 3 N–H and O–H groups in total. The van der Waals surface area contributed by atoms with E-state index in [2.05, 4.69) is 32.9 Å². The number of halogens is 1. The Balaban J connectivity index is 0.00000784. The average molecular weight is 521 g/mol. The van der Waals surface area contributed by atoms with Gasteiger partial charge in [0, 0.05) is 38.4 Å². The van der Waals surface area contributed by atoms with Crippen molar-refractivity contribution in [3.63, 3.8) is 0 Å². The summed E-state index contributed by atoms with van der Waals surface area (Å²) in [6.07, 6.45) is 4.33. The van der Waals surface area contributed by atoms with E-state index in [9.17, 15) is 4.79 Å². The predicted octanol–water partition coefficient (Wildman–Crippen LogP) is 3.46. The first kappa shape index (κ1) is 27.2. The van der Waals surface area contributed by atoms with Gasteiger partial charge in [0.2, 0.25) is 5.88 Å². The second-order valence-corrected chi connectivity index (χ2v) is 7.50. The van der Waals surface area contributed by atoms with Crippen molar-refractivity contribution in [2.24, 2.45) is 4.99 Å². The van der Waals surface area contributed by atoms with Crippen molar-refractivity contribution in [1.82, 2.24) is 20.9 Å². The molecule has 8 nitrogen and oxygen atoms in total. The van der Waals surface area contributed by atoms with Gasteiger partial charge in [-0.2, -0.15) is 0 Å². The Hall–Kier alpha value is -1.78. The molecule has 166 valence electrons. The first-order chi connectivity index (χ1) is 13.3. The van der Waals surface area contributed by atoms with Crippen molar-refractivity contribution < 1.29 is 14.3 Å². The lowest BCUT2D eigenvalue weighted by molar-refractivity contribution is 0.0523. The molecule has 0 saturated carbocycles. The lowest BCUT2D eigenvalue weighted by Crippen LogP contribution is -2.48. The Morgan fingerprint density at radius 1 is 1.31 bits per heavy atom. The number of amides is 1. The van der Waals surface area contributed by atoms with Crippen LogP contribution in [-0.2, 0) is 11.3 Å². The molecule has 0 aliphatic heterocycles. The van der Waals surface area contributed by atoms with Gasteiger partial charge in [-0.1, -0.05) is 19.8 Å². The number of hydrogen-bond acceptors (Lipinski definition) is 5. The average Bonchev–Trinajstić information content (AvgIpc) is 2.65. The van der Waals surface area contributed by atoms with Gasteiger partial charge in [0.25, 0.3) is 0 Å². The van der Waals surface area contributed by atoms with Crippen LogP contribution in [0, 0.1) is 0 Å². The minimum absolute atomic E-state index is 0. The molecule has 29 heavy (non-hydrogen) atoms. The molecule has 0 radical (unpaired) electrons. The molecule has 0 aliphatic carbocycles. The zero-order chi connectivity index (χ0) is 21.0. The van der Waals surface area contributed by atoms with Crippen LogP contribution >= 0.6 is 24.0 Å². The number of unbranched alkanes of at least 4 members (excludes halogenated alkanes) is 1. The molecule has 1 heterocycles. The minimum Gasteiger partial charge on any atom is -0.481 e. The van der Waals surface area contributed by atoms with E-state index in [-0.39, 0.29) is 30.0 Å². The molecule has 0 spiro atoms. The van der Waals surface area contributed by atoms with Crippen molar-refractivity contribution in [1.29, 1.82) is 0 Å². The quantitative estimate of drug-likeness (QED) is 0.262. The van der Waals surface area contributed by atoms with Gasteiger partial charge >= 0.3 is 6.09 Å². The van der Waals surface area contributed by atoms with Gasteiger partial charge in [-0.15, -0.1) is 24.0 Å². The van der Waals surface area contributed by atoms with Crippen molar-refractivity contribution in [3.05, 3.63) is 23.9 Å². The van der Waals surface area contributed by atoms with Gasteiger partial charge in [0.15, 0.2) is 5.96 Å². The number of ether oxygens (including phenoxy) is 2. The number of aliphatic imine (C=N–C) groups is 1. The largest absolute Gasteiger partial charge is 0.481 e. The Kier molecular flexibility index (Phi) is 13.4. The molecule has 1 amide bonds. The standard InChI is InChI=1S/C20H35N5O3.HI/c1-7-8-9-16(14-24-19(26)28-20(2,3)4)25-18(21-5)23-13-15-10-11-22-17(12-15)27-6;/h10-12,16H,7-9,13-14H2,1-6H3,(H,24,26)(H2,21,23,25);1H. The predicted molar refractivity (Wildman–Crippen MR) is 127 cm³/mol. The van der Waals surface area contributed by atoms with E-state index in [1.807, 2.05) is 32.9 Å². The van der Waals surface area contributed by atoms with E-state index < -0.39 is 11.7 Å². The monoisotopic (exact) mass is 521 g/mol. The van der Waals surface area contributed by atoms with Gasteiger partial charge < -0.3 is 25.4 Å². The molecule has 0 fully saturated rings. The van der Waals surface area contributed by atoms with E-state index in [0.29, 0.717) is 24.9 Å². The smallest absolute Gasteiger partial charge is 0.407 e. The van der Waals surface area contributed by atoms with Gasteiger partial charge in [0.1, 0.15) is 5.60 Å². The molecular formula is C20H36IN5O3. The molecule has 1 atom stereocenters. The topological polar surface area (TPSA) is 96.9 Å². The van der Waals surface area contributed by atoms with E-state index in [4.69, 9.17) is 9.47 Å². The van der Waals surface area contributed by atoms with Gasteiger partial charge in [0.05, 0.1) is 7.11 Å². The van der Waals surface area contributed by atoms with E-state index >= 15 is 0 Å². The van der Waals surface area contributed by atoms with E-state index in [1.54, 1.807) is 20.4 Å². The SMILES string of the molecule is CCCCC(CNC(=O)OC(C)(C)C)NC(=NC)NCc1ccnc(OC)c1.I. The summed E-state index contributed by atoms with van der Waals surface area (Å²) in [5, 5.41) is 9.49. The van der Waals surface area contributed by atoms with Gasteiger partial charge in [-0.25, -0.2) is 9.78 Å². The van der Waals surface area contributed by atoms with Crippen LogP contribution in [-0.4, -0.2) is 49.4 Å². The number of nitrogens with one attached hydrogen (secondary N) is 3. The van der Waals surface area contributed by atoms with Crippen molar-refractivity contribution in [2.75, 3.05) is 20.7 Å². The first-order valence-electron chi connectivity index (χ1n) is 9.70. The number of alkyl carbamates (subject to hydrolysis) is 1. The van der Waals surface area contributed by atoms with E-state index in [1.165, 1.54) is 0 Å². The zero-order valence-corrected chi connectivity index (χ0v) is 20.7. The maximum Gasteiger partial charge on any atom is 0.407 e. The number of methoxy groups -OCH3 is 1. The first-order valence-corrected chi connectivity index (χ1v) is 9.70. The number of pyridine rings is 1. The third kappa shape index (κ3) is 12.4. The molecular weight excluding hydrogens is 485 g/mol. The lowest BCUT2D eigenvalue weighted by Gasteiger charge is -2.24. The van der Waals surface area contributed by atoms with Crippen molar-refractivity contribution in [3.8, 4) is 5.88 Å². The summed E-state index contributed by atoms with van der Waals surface area (Å²) in [5.41, 5.74) is 0.520. The number of carbonyl (C=O) groups excluding carboxylic acids is 1. The van der Waals surface area contributed by atoms with Crippen LogP contribution in [0.4, 0.5) is 4.79 Å². The van der Waals surface area contributed by atoms with Crippen molar-refractivity contribution >= 4 is 36.0 Å². The molecule has 0 aliphatic rings. The summed E-state index contributed by atoms with van der Waals surface area (Å²) in [6, 6.07) is 3.84. The number of carbonyl (C=O) groups is 1. The van der Waals surface area contributed by atoms with Crippen LogP contribution in [0.1, 0.15) is 52.5 Å². The highest BCUT2D eigenvalue weighted by Crippen LogP contribution is 2.08.